The van der Waals surface area contributed by atoms with E-state index >= 15 is 0 Å². The minimum absolute atomic E-state index is 0.0651. The Bertz CT molecular complexity index is 1270. The molecular weight excluding hydrogens is 632 g/mol. The quantitative estimate of drug-likeness (QED) is 0.216. The Kier molecular flexibility index (Phi) is 11.8. The summed E-state index contributed by atoms with van der Waals surface area (Å²) in [5.74, 6) is -2.41. The van der Waals surface area contributed by atoms with Gasteiger partial charge in [-0.15, -0.1) is 0 Å². The standard InChI is InChI=1S/C35H60N6O6S/c1-33(2,3)25(20-40(7)48(8)47)38-32(46)39-28(35(6)15-10-9-11-16-35)31(45)41-19-23-22(14-17-34(23,4)5)26(41)30(44)37-24(18-21-12-13-21)27(42)29(36)43/h21-26,28H,9-20H2,1-8H3,(H2,36,43)(H,37,44)(H2,38,39,46)/t22-,23-,24?,25+,26-,28+,48?/m0/s1. The van der Waals surface area contributed by atoms with E-state index in [0.717, 1.165) is 57.8 Å². The number of Topliss-reactive ketones (excluding diaryl/α,β-unsaturated/α-hetero) is 1. The van der Waals surface area contributed by atoms with Gasteiger partial charge < -0.3 is 26.6 Å². The SMILES string of the molecule is CN(C[C@@H](NC(=O)N[C@H](C(=O)N1C[C@H]2[C@H](CCC2(C)C)[C@H]1C(=O)NC(CC1CC1)C(=O)C(N)=O)C1(C)CCCCC1)C(C)(C)C)S(C)=O. The first-order valence-electron chi connectivity index (χ1n) is 17.8. The number of amides is 5. The van der Waals surface area contributed by atoms with Crippen LogP contribution in [0.25, 0.3) is 0 Å². The lowest BCUT2D eigenvalue weighted by Crippen LogP contribution is -2.63. The summed E-state index contributed by atoms with van der Waals surface area (Å²) in [6.07, 6.45) is 9.90. The molecule has 0 bridgehead atoms. The summed E-state index contributed by atoms with van der Waals surface area (Å²) in [6.45, 7) is 13.1. The van der Waals surface area contributed by atoms with Crippen molar-refractivity contribution in [1.82, 2.24) is 25.2 Å². The lowest BCUT2D eigenvalue weighted by molar-refractivity contribution is -0.145. The number of rotatable bonds is 13. The Morgan fingerprint density at radius 2 is 1.58 bits per heavy atom. The molecule has 13 heteroatoms. The number of urea groups is 1. The number of ketones is 1. The number of fused-ring (bicyclic) bond motifs is 1. The molecule has 272 valence electrons. The molecule has 7 atom stereocenters. The molecule has 0 aromatic carbocycles. The molecule has 3 aliphatic carbocycles. The summed E-state index contributed by atoms with van der Waals surface area (Å²) in [5, 5.41) is 9.02. The number of nitrogens with zero attached hydrogens (tertiary/aromatic N) is 2. The number of carbonyl (C=O) groups is 5. The zero-order valence-electron chi connectivity index (χ0n) is 30.4. The molecule has 0 aromatic rings. The van der Waals surface area contributed by atoms with Crippen LogP contribution in [-0.4, -0.2) is 93.5 Å². The van der Waals surface area contributed by atoms with Crippen molar-refractivity contribution in [3.63, 3.8) is 0 Å². The molecule has 1 saturated heterocycles. The fraction of sp³-hybridized carbons (Fsp3) is 0.857. The zero-order chi connectivity index (χ0) is 35.8. The van der Waals surface area contributed by atoms with Crippen molar-refractivity contribution in [2.45, 2.75) is 130 Å². The average Bonchev–Trinajstić information content (AvgIpc) is 3.64. The predicted octanol–water partition coefficient (Wildman–Crippen LogP) is 2.87. The number of nitrogens with one attached hydrogen (secondary N) is 3. The van der Waals surface area contributed by atoms with Gasteiger partial charge >= 0.3 is 6.03 Å². The predicted molar refractivity (Wildman–Crippen MR) is 186 cm³/mol. The van der Waals surface area contributed by atoms with Crippen LogP contribution >= 0.6 is 0 Å². The highest BCUT2D eigenvalue weighted by Crippen LogP contribution is 2.53. The number of hydrogen-bond donors (Lipinski definition) is 4. The van der Waals surface area contributed by atoms with Gasteiger partial charge in [0.2, 0.25) is 17.6 Å². The van der Waals surface area contributed by atoms with E-state index in [0.29, 0.717) is 19.5 Å². The number of likely N-dealkylation sites (N-methyl/N-ethyl adjacent to an activating group) is 1. The number of hydrogen-bond acceptors (Lipinski definition) is 6. The van der Waals surface area contributed by atoms with Crippen LogP contribution in [0.5, 0.6) is 0 Å². The molecule has 3 saturated carbocycles. The highest BCUT2D eigenvalue weighted by atomic mass is 32.2. The molecule has 1 aliphatic heterocycles. The van der Waals surface area contributed by atoms with Crippen LogP contribution < -0.4 is 21.7 Å². The van der Waals surface area contributed by atoms with Crippen LogP contribution in [0.1, 0.15) is 106 Å². The Balaban J connectivity index is 1.64. The summed E-state index contributed by atoms with van der Waals surface area (Å²) in [5.41, 5.74) is 4.38. The van der Waals surface area contributed by atoms with Crippen molar-refractivity contribution >= 4 is 40.5 Å². The molecule has 1 heterocycles. The summed E-state index contributed by atoms with van der Waals surface area (Å²) in [7, 11) is 0.521. The van der Waals surface area contributed by atoms with Crippen LogP contribution in [0.3, 0.4) is 0 Å². The number of carbonyl (C=O) groups excluding carboxylic acids is 5. The van der Waals surface area contributed by atoms with Crippen molar-refractivity contribution in [3.05, 3.63) is 0 Å². The number of primary amides is 1. The second kappa shape index (κ2) is 14.7. The molecule has 5 N–H and O–H groups in total. The fourth-order valence-corrected chi connectivity index (χ4v) is 8.67. The molecule has 4 rings (SSSR count). The van der Waals surface area contributed by atoms with E-state index in [4.69, 9.17) is 5.73 Å². The Hall–Kier alpha value is -2.54. The van der Waals surface area contributed by atoms with Gasteiger partial charge in [0.15, 0.2) is 0 Å². The normalized spacial score (nSPS) is 27.4. The van der Waals surface area contributed by atoms with Crippen molar-refractivity contribution in [2.24, 2.45) is 39.7 Å². The van der Waals surface area contributed by atoms with E-state index in [1.165, 1.54) is 0 Å². The van der Waals surface area contributed by atoms with Crippen LogP contribution in [0.4, 0.5) is 4.79 Å². The first-order valence-corrected chi connectivity index (χ1v) is 19.3. The van der Waals surface area contributed by atoms with Crippen LogP contribution in [0, 0.1) is 34.0 Å². The zero-order valence-corrected chi connectivity index (χ0v) is 31.2. The molecule has 0 spiro atoms. The van der Waals surface area contributed by atoms with Gasteiger partial charge in [-0.25, -0.2) is 13.3 Å². The van der Waals surface area contributed by atoms with Gasteiger partial charge in [0.25, 0.3) is 5.91 Å². The third kappa shape index (κ3) is 8.78. The van der Waals surface area contributed by atoms with Gasteiger partial charge in [-0.3, -0.25) is 19.2 Å². The molecule has 4 aliphatic rings. The molecule has 2 unspecified atom stereocenters. The van der Waals surface area contributed by atoms with E-state index in [9.17, 15) is 28.2 Å². The summed E-state index contributed by atoms with van der Waals surface area (Å²) < 4.78 is 13.8. The third-order valence-corrected chi connectivity index (χ3v) is 12.9. The first kappa shape index (κ1) is 38.3. The Morgan fingerprint density at radius 1 is 0.958 bits per heavy atom. The Labute approximate surface area is 289 Å². The van der Waals surface area contributed by atoms with E-state index in [1.807, 2.05) is 20.8 Å². The molecule has 4 fully saturated rings. The maximum absolute atomic E-state index is 14.9. The molecule has 5 amide bonds. The maximum Gasteiger partial charge on any atom is 0.315 e. The first-order chi connectivity index (χ1) is 22.2. The van der Waals surface area contributed by atoms with E-state index < -0.39 is 58.2 Å². The molecule has 0 aromatic heterocycles. The monoisotopic (exact) mass is 692 g/mol. The van der Waals surface area contributed by atoms with Gasteiger partial charge in [0.1, 0.15) is 12.1 Å². The topological polar surface area (TPSA) is 171 Å². The fourth-order valence-electron chi connectivity index (χ4n) is 8.31. The average molecular weight is 693 g/mol. The second-order valence-electron chi connectivity index (χ2n) is 17.1. The lowest BCUT2D eigenvalue weighted by atomic mass is 9.70. The van der Waals surface area contributed by atoms with Crippen LogP contribution in [0.15, 0.2) is 0 Å². The lowest BCUT2D eigenvalue weighted by Gasteiger charge is -2.43. The summed E-state index contributed by atoms with van der Waals surface area (Å²) in [4.78, 5) is 69.3. The van der Waals surface area contributed by atoms with E-state index in [2.05, 4.69) is 36.7 Å². The van der Waals surface area contributed by atoms with Gasteiger partial charge in [-0.05, 0) is 73.2 Å². The highest BCUT2D eigenvalue weighted by Gasteiger charge is 2.58. The molecule has 48 heavy (non-hydrogen) atoms. The summed E-state index contributed by atoms with van der Waals surface area (Å²) >= 11 is 0. The van der Waals surface area contributed by atoms with Crippen molar-refractivity contribution in [1.29, 1.82) is 0 Å². The molecule has 0 radical (unpaired) electrons. The van der Waals surface area contributed by atoms with Crippen molar-refractivity contribution in [3.8, 4) is 0 Å². The largest absolute Gasteiger partial charge is 0.363 e. The summed E-state index contributed by atoms with van der Waals surface area (Å²) in [6, 6.07) is -3.58. The van der Waals surface area contributed by atoms with Gasteiger partial charge in [0.05, 0.1) is 17.0 Å². The van der Waals surface area contributed by atoms with Gasteiger partial charge in [-0.1, -0.05) is 73.6 Å². The number of nitrogens with two attached hydrogens (primary N) is 1. The smallest absolute Gasteiger partial charge is 0.315 e. The van der Waals surface area contributed by atoms with Crippen molar-refractivity contribution in [2.75, 3.05) is 26.4 Å². The van der Waals surface area contributed by atoms with Gasteiger partial charge in [0, 0.05) is 25.4 Å². The third-order valence-electron chi connectivity index (χ3n) is 11.9. The molecule has 12 nitrogen and oxygen atoms in total. The van der Waals surface area contributed by atoms with Crippen LogP contribution in [0.2, 0.25) is 0 Å². The van der Waals surface area contributed by atoms with E-state index in [-0.39, 0.29) is 40.5 Å². The van der Waals surface area contributed by atoms with Crippen LogP contribution in [-0.2, 0) is 30.2 Å². The van der Waals surface area contributed by atoms with E-state index in [1.54, 1.807) is 22.5 Å². The minimum atomic E-state index is -1.22. The molecular formula is C35H60N6O6S. The van der Waals surface area contributed by atoms with Crippen molar-refractivity contribution < 1.29 is 28.2 Å². The Morgan fingerprint density at radius 3 is 2.12 bits per heavy atom. The highest BCUT2D eigenvalue weighted by molar-refractivity contribution is 7.81. The number of likely N-dealkylation sites (tertiary alicyclic amines) is 1. The van der Waals surface area contributed by atoms with Gasteiger partial charge in [-0.2, -0.15) is 0 Å². The second-order valence-corrected chi connectivity index (χ2v) is 18.6. The maximum atomic E-state index is 14.9. The minimum Gasteiger partial charge on any atom is -0.363 e.